The second kappa shape index (κ2) is 6.51. The normalized spacial score (nSPS) is 13.1. The molecule has 4 heteroatoms. The van der Waals surface area contributed by atoms with Crippen LogP contribution in [0.5, 0.6) is 0 Å². The smallest absolute Gasteiger partial charge is 0.410 e. The van der Waals surface area contributed by atoms with E-state index >= 15 is 0 Å². The SMILES string of the molecule is C[C@H](CC=O)CCN(C)C(=O)OC(C)(C)C. The van der Waals surface area contributed by atoms with Gasteiger partial charge in [0.05, 0.1) is 0 Å². The van der Waals surface area contributed by atoms with Gasteiger partial charge in [0.1, 0.15) is 11.9 Å². The maximum absolute atomic E-state index is 11.6. The summed E-state index contributed by atoms with van der Waals surface area (Å²) in [6.45, 7) is 8.14. The van der Waals surface area contributed by atoms with Crippen LogP contribution in [0.3, 0.4) is 0 Å². The highest BCUT2D eigenvalue weighted by Crippen LogP contribution is 2.11. The standard InChI is InChI=1S/C12H23NO3/c1-10(7-9-14)6-8-13(5)11(15)16-12(2,3)4/h9-10H,6-8H2,1-5H3/t10-/m0/s1. The quantitative estimate of drug-likeness (QED) is 0.680. The number of amides is 1. The minimum atomic E-state index is -0.459. The molecular weight excluding hydrogens is 206 g/mol. The lowest BCUT2D eigenvalue weighted by Crippen LogP contribution is -2.35. The van der Waals surface area contributed by atoms with E-state index in [1.54, 1.807) is 11.9 Å². The minimum Gasteiger partial charge on any atom is -0.444 e. The Labute approximate surface area is 98.0 Å². The van der Waals surface area contributed by atoms with Crippen molar-refractivity contribution in [3.63, 3.8) is 0 Å². The van der Waals surface area contributed by atoms with Crippen molar-refractivity contribution in [3.05, 3.63) is 0 Å². The molecule has 0 bridgehead atoms. The van der Waals surface area contributed by atoms with E-state index in [0.29, 0.717) is 18.9 Å². The summed E-state index contributed by atoms with van der Waals surface area (Å²) in [7, 11) is 1.71. The molecule has 4 nitrogen and oxygen atoms in total. The summed E-state index contributed by atoms with van der Waals surface area (Å²) in [4.78, 5) is 23.4. The molecule has 0 aromatic heterocycles. The van der Waals surface area contributed by atoms with Crippen LogP contribution in [-0.4, -0.2) is 36.5 Å². The molecule has 0 aliphatic rings. The Morgan fingerprint density at radius 1 is 1.44 bits per heavy atom. The predicted octanol–water partition coefficient (Wildman–Crippen LogP) is 2.47. The molecule has 0 saturated carbocycles. The van der Waals surface area contributed by atoms with Crippen molar-refractivity contribution >= 4 is 12.4 Å². The van der Waals surface area contributed by atoms with Gasteiger partial charge in [0, 0.05) is 20.0 Å². The van der Waals surface area contributed by atoms with Crippen molar-refractivity contribution in [1.29, 1.82) is 0 Å². The summed E-state index contributed by atoms with van der Waals surface area (Å²) in [5, 5.41) is 0. The summed E-state index contributed by atoms with van der Waals surface area (Å²) in [5.41, 5.74) is -0.459. The monoisotopic (exact) mass is 229 g/mol. The number of nitrogens with zero attached hydrogens (tertiary/aromatic N) is 1. The van der Waals surface area contributed by atoms with Gasteiger partial charge < -0.3 is 14.4 Å². The first-order valence-electron chi connectivity index (χ1n) is 5.64. The average Bonchev–Trinajstić information content (AvgIpc) is 2.11. The third-order valence-corrected chi connectivity index (χ3v) is 2.16. The number of hydrogen-bond donors (Lipinski definition) is 0. The zero-order valence-corrected chi connectivity index (χ0v) is 10.9. The lowest BCUT2D eigenvalue weighted by Gasteiger charge is -2.25. The van der Waals surface area contributed by atoms with Gasteiger partial charge in [-0.25, -0.2) is 4.79 Å². The molecule has 16 heavy (non-hydrogen) atoms. The molecule has 0 radical (unpaired) electrons. The Morgan fingerprint density at radius 3 is 2.44 bits per heavy atom. The molecule has 0 saturated heterocycles. The Kier molecular flexibility index (Phi) is 6.08. The second-order valence-corrected chi connectivity index (χ2v) is 5.20. The van der Waals surface area contributed by atoms with Gasteiger partial charge in [0.15, 0.2) is 0 Å². The number of rotatable bonds is 5. The van der Waals surface area contributed by atoms with Crippen LogP contribution in [0.2, 0.25) is 0 Å². The molecule has 0 aromatic carbocycles. The molecule has 0 N–H and O–H groups in total. The van der Waals surface area contributed by atoms with Crippen LogP contribution in [0.25, 0.3) is 0 Å². The number of hydrogen-bond acceptors (Lipinski definition) is 3. The van der Waals surface area contributed by atoms with Gasteiger partial charge in [-0.2, -0.15) is 0 Å². The summed E-state index contributed by atoms with van der Waals surface area (Å²) in [6, 6.07) is 0. The second-order valence-electron chi connectivity index (χ2n) is 5.20. The van der Waals surface area contributed by atoms with E-state index in [2.05, 4.69) is 0 Å². The fourth-order valence-corrected chi connectivity index (χ4v) is 1.13. The van der Waals surface area contributed by atoms with E-state index in [1.807, 2.05) is 27.7 Å². The van der Waals surface area contributed by atoms with Crippen molar-refractivity contribution in [1.82, 2.24) is 4.90 Å². The third-order valence-electron chi connectivity index (χ3n) is 2.16. The number of carbonyl (C=O) groups excluding carboxylic acids is 2. The molecule has 1 amide bonds. The van der Waals surface area contributed by atoms with E-state index < -0.39 is 5.60 Å². The van der Waals surface area contributed by atoms with Gasteiger partial charge >= 0.3 is 6.09 Å². The van der Waals surface area contributed by atoms with Crippen molar-refractivity contribution in [3.8, 4) is 0 Å². The topological polar surface area (TPSA) is 46.6 Å². The highest BCUT2D eigenvalue weighted by atomic mass is 16.6. The first-order valence-corrected chi connectivity index (χ1v) is 5.64. The van der Waals surface area contributed by atoms with Crippen molar-refractivity contribution in [2.24, 2.45) is 5.92 Å². The lowest BCUT2D eigenvalue weighted by atomic mass is 10.1. The molecule has 94 valence electrons. The lowest BCUT2D eigenvalue weighted by molar-refractivity contribution is -0.108. The Bertz CT molecular complexity index is 233. The molecule has 0 rings (SSSR count). The summed E-state index contributed by atoms with van der Waals surface area (Å²) < 4.78 is 5.21. The average molecular weight is 229 g/mol. The molecule has 0 aromatic rings. The van der Waals surface area contributed by atoms with Crippen molar-refractivity contribution in [2.45, 2.75) is 46.1 Å². The van der Waals surface area contributed by atoms with Crippen LogP contribution in [0.4, 0.5) is 4.79 Å². The number of ether oxygens (including phenoxy) is 1. The maximum atomic E-state index is 11.6. The van der Waals surface area contributed by atoms with E-state index in [0.717, 1.165) is 12.7 Å². The van der Waals surface area contributed by atoms with Gasteiger partial charge in [-0.1, -0.05) is 6.92 Å². The maximum Gasteiger partial charge on any atom is 0.410 e. The Balaban J connectivity index is 3.92. The van der Waals surface area contributed by atoms with Crippen molar-refractivity contribution < 1.29 is 14.3 Å². The van der Waals surface area contributed by atoms with E-state index in [1.165, 1.54) is 0 Å². The molecule has 0 heterocycles. The van der Waals surface area contributed by atoms with Crippen LogP contribution in [0.1, 0.15) is 40.5 Å². The fraction of sp³-hybridized carbons (Fsp3) is 0.833. The highest BCUT2D eigenvalue weighted by molar-refractivity contribution is 5.67. The van der Waals surface area contributed by atoms with Crippen LogP contribution < -0.4 is 0 Å². The van der Waals surface area contributed by atoms with E-state index in [-0.39, 0.29) is 6.09 Å². The van der Waals surface area contributed by atoms with Gasteiger partial charge in [-0.15, -0.1) is 0 Å². The van der Waals surface area contributed by atoms with Crippen LogP contribution in [0, 0.1) is 5.92 Å². The third kappa shape index (κ3) is 7.26. The molecule has 0 aliphatic carbocycles. The van der Waals surface area contributed by atoms with E-state index in [9.17, 15) is 9.59 Å². The number of aldehydes is 1. The van der Waals surface area contributed by atoms with Crippen LogP contribution in [0.15, 0.2) is 0 Å². The first kappa shape index (κ1) is 14.9. The summed E-state index contributed by atoms with van der Waals surface area (Å²) >= 11 is 0. The highest BCUT2D eigenvalue weighted by Gasteiger charge is 2.19. The van der Waals surface area contributed by atoms with Crippen LogP contribution >= 0.6 is 0 Å². The zero-order chi connectivity index (χ0) is 12.8. The molecule has 0 fully saturated rings. The summed E-state index contributed by atoms with van der Waals surface area (Å²) in [6.07, 6.45) is 1.96. The molecule has 0 aliphatic heterocycles. The molecular formula is C12H23NO3. The fourth-order valence-electron chi connectivity index (χ4n) is 1.13. The largest absolute Gasteiger partial charge is 0.444 e. The Morgan fingerprint density at radius 2 is 2.00 bits per heavy atom. The molecule has 0 unspecified atom stereocenters. The van der Waals surface area contributed by atoms with Gasteiger partial charge in [-0.3, -0.25) is 0 Å². The number of carbonyl (C=O) groups is 2. The van der Waals surface area contributed by atoms with Gasteiger partial charge in [0.2, 0.25) is 0 Å². The Hall–Kier alpha value is -1.06. The summed E-state index contributed by atoms with van der Waals surface area (Å²) in [5.74, 6) is 0.308. The zero-order valence-electron chi connectivity index (χ0n) is 10.9. The van der Waals surface area contributed by atoms with Crippen molar-refractivity contribution in [2.75, 3.05) is 13.6 Å². The van der Waals surface area contributed by atoms with E-state index in [4.69, 9.17) is 4.74 Å². The molecule has 0 spiro atoms. The van der Waals surface area contributed by atoms with Gasteiger partial charge in [-0.05, 0) is 33.1 Å². The van der Waals surface area contributed by atoms with Gasteiger partial charge in [0.25, 0.3) is 0 Å². The molecule has 1 atom stereocenters. The van der Waals surface area contributed by atoms with Crippen LogP contribution in [-0.2, 0) is 9.53 Å². The minimum absolute atomic E-state index is 0.308. The predicted molar refractivity (Wildman–Crippen MR) is 63.3 cm³/mol. The first-order chi connectivity index (χ1) is 7.26.